The van der Waals surface area contributed by atoms with Gasteiger partial charge >= 0.3 is 0 Å². The fourth-order valence-corrected chi connectivity index (χ4v) is 1.70. The standard InChI is InChI=1S/C7H11NO2/c8-4-3-7-5(9)1-2-6(4)10-7/h4,6-7H,1-3,8H2/t4-,6-,7-/m1/s1. The highest BCUT2D eigenvalue weighted by molar-refractivity contribution is 5.84. The molecule has 3 nitrogen and oxygen atoms in total. The molecule has 0 aliphatic carbocycles. The number of hydrogen-bond donors (Lipinski definition) is 1. The van der Waals surface area contributed by atoms with Crippen LogP contribution in [0.15, 0.2) is 0 Å². The van der Waals surface area contributed by atoms with Gasteiger partial charge in [0.05, 0.1) is 6.10 Å². The van der Waals surface area contributed by atoms with Crippen LogP contribution >= 0.6 is 0 Å². The lowest BCUT2D eigenvalue weighted by atomic mass is 10.1. The Labute approximate surface area is 59.5 Å². The second kappa shape index (κ2) is 2.04. The van der Waals surface area contributed by atoms with Crippen LogP contribution < -0.4 is 5.73 Å². The van der Waals surface area contributed by atoms with E-state index in [1.165, 1.54) is 0 Å². The van der Waals surface area contributed by atoms with Crippen molar-refractivity contribution in [2.75, 3.05) is 0 Å². The second-order valence-corrected chi connectivity index (χ2v) is 3.07. The van der Waals surface area contributed by atoms with Crippen LogP contribution in [-0.2, 0) is 9.53 Å². The molecule has 3 heteroatoms. The topological polar surface area (TPSA) is 52.3 Å². The molecule has 2 saturated heterocycles. The molecule has 2 bridgehead atoms. The largest absolute Gasteiger partial charge is 0.366 e. The molecular weight excluding hydrogens is 130 g/mol. The van der Waals surface area contributed by atoms with E-state index >= 15 is 0 Å². The van der Waals surface area contributed by atoms with E-state index in [-0.39, 0.29) is 24.0 Å². The highest BCUT2D eigenvalue weighted by Crippen LogP contribution is 2.28. The van der Waals surface area contributed by atoms with Gasteiger partial charge in [0.1, 0.15) is 6.10 Å². The number of ketones is 1. The smallest absolute Gasteiger partial charge is 0.161 e. The number of ether oxygens (including phenoxy) is 1. The Morgan fingerprint density at radius 2 is 2.40 bits per heavy atom. The van der Waals surface area contributed by atoms with Gasteiger partial charge in [0.2, 0.25) is 0 Å². The van der Waals surface area contributed by atoms with Crippen LogP contribution in [-0.4, -0.2) is 24.0 Å². The van der Waals surface area contributed by atoms with Gasteiger partial charge in [0.15, 0.2) is 5.78 Å². The molecule has 0 saturated carbocycles. The summed E-state index contributed by atoms with van der Waals surface area (Å²) in [6, 6.07) is 0.108. The molecule has 2 heterocycles. The van der Waals surface area contributed by atoms with Gasteiger partial charge in [0.25, 0.3) is 0 Å². The van der Waals surface area contributed by atoms with E-state index in [1.54, 1.807) is 0 Å². The van der Waals surface area contributed by atoms with E-state index in [0.717, 1.165) is 12.8 Å². The quantitative estimate of drug-likeness (QED) is 0.509. The van der Waals surface area contributed by atoms with Crippen LogP contribution in [0.3, 0.4) is 0 Å². The normalized spacial score (nSPS) is 46.1. The first kappa shape index (κ1) is 6.31. The van der Waals surface area contributed by atoms with Gasteiger partial charge < -0.3 is 10.5 Å². The number of rotatable bonds is 0. The van der Waals surface area contributed by atoms with Crippen LogP contribution in [0.25, 0.3) is 0 Å². The van der Waals surface area contributed by atoms with E-state index in [1.807, 2.05) is 0 Å². The first-order chi connectivity index (χ1) is 4.77. The highest BCUT2D eigenvalue weighted by atomic mass is 16.5. The van der Waals surface area contributed by atoms with Crippen molar-refractivity contribution >= 4 is 5.78 Å². The number of nitrogens with two attached hydrogens (primary N) is 1. The van der Waals surface area contributed by atoms with Crippen molar-refractivity contribution in [2.45, 2.75) is 37.5 Å². The minimum atomic E-state index is -0.159. The van der Waals surface area contributed by atoms with Crippen LogP contribution in [0.5, 0.6) is 0 Å². The summed E-state index contributed by atoms with van der Waals surface area (Å²) in [5.74, 6) is 0.240. The number of carbonyl (C=O) groups is 1. The Kier molecular flexibility index (Phi) is 1.28. The summed E-state index contributed by atoms with van der Waals surface area (Å²) in [7, 11) is 0. The van der Waals surface area contributed by atoms with Crippen molar-refractivity contribution in [2.24, 2.45) is 5.73 Å². The van der Waals surface area contributed by atoms with Gasteiger partial charge in [-0.05, 0) is 12.8 Å². The van der Waals surface area contributed by atoms with Crippen molar-refractivity contribution in [1.82, 2.24) is 0 Å². The van der Waals surface area contributed by atoms with Gasteiger partial charge in [-0.3, -0.25) is 4.79 Å². The molecule has 10 heavy (non-hydrogen) atoms. The van der Waals surface area contributed by atoms with Crippen molar-refractivity contribution in [3.8, 4) is 0 Å². The predicted molar refractivity (Wildman–Crippen MR) is 35.5 cm³/mol. The average Bonchev–Trinajstić information content (AvgIpc) is 2.21. The van der Waals surface area contributed by atoms with Crippen molar-refractivity contribution < 1.29 is 9.53 Å². The fourth-order valence-electron chi connectivity index (χ4n) is 1.70. The van der Waals surface area contributed by atoms with Crippen LogP contribution in [0.1, 0.15) is 19.3 Å². The van der Waals surface area contributed by atoms with E-state index in [4.69, 9.17) is 10.5 Å². The molecule has 2 aliphatic heterocycles. The second-order valence-electron chi connectivity index (χ2n) is 3.07. The van der Waals surface area contributed by atoms with E-state index < -0.39 is 0 Å². The number of hydrogen-bond acceptors (Lipinski definition) is 3. The van der Waals surface area contributed by atoms with Crippen LogP contribution in [0.2, 0.25) is 0 Å². The summed E-state index contributed by atoms with van der Waals surface area (Å²) in [4.78, 5) is 11.0. The van der Waals surface area contributed by atoms with Gasteiger partial charge in [-0.1, -0.05) is 0 Å². The molecule has 0 unspecified atom stereocenters. The highest BCUT2D eigenvalue weighted by Gasteiger charge is 2.40. The third kappa shape index (κ3) is 0.777. The summed E-state index contributed by atoms with van der Waals surface area (Å²) in [6.07, 6.45) is 2.25. The maximum Gasteiger partial charge on any atom is 0.161 e. The van der Waals surface area contributed by atoms with E-state index in [0.29, 0.717) is 6.42 Å². The molecule has 56 valence electrons. The molecule has 2 aliphatic rings. The molecule has 3 atom stereocenters. The molecule has 0 radical (unpaired) electrons. The monoisotopic (exact) mass is 141 g/mol. The minimum Gasteiger partial charge on any atom is -0.366 e. The lowest BCUT2D eigenvalue weighted by Gasteiger charge is -2.19. The average molecular weight is 141 g/mol. The van der Waals surface area contributed by atoms with E-state index in [9.17, 15) is 4.79 Å². The molecule has 0 aromatic rings. The molecule has 2 rings (SSSR count). The summed E-state index contributed by atoms with van der Waals surface area (Å²) in [5, 5.41) is 0. The van der Waals surface area contributed by atoms with Crippen molar-refractivity contribution in [1.29, 1.82) is 0 Å². The number of fused-ring (bicyclic) bond motifs is 2. The Hall–Kier alpha value is -0.410. The molecule has 2 N–H and O–H groups in total. The van der Waals surface area contributed by atoms with Gasteiger partial charge in [-0.2, -0.15) is 0 Å². The first-order valence-electron chi connectivity index (χ1n) is 3.71. The number of Topliss-reactive ketones (excluding diaryl/α,β-unsaturated/α-hetero) is 1. The first-order valence-corrected chi connectivity index (χ1v) is 3.71. The van der Waals surface area contributed by atoms with E-state index in [2.05, 4.69) is 0 Å². The molecule has 0 aromatic heterocycles. The van der Waals surface area contributed by atoms with Crippen molar-refractivity contribution in [3.63, 3.8) is 0 Å². The van der Waals surface area contributed by atoms with Gasteiger partial charge in [-0.25, -0.2) is 0 Å². The SMILES string of the molecule is N[C@@H]1C[C@H]2O[C@@H]1CCC2=O. The summed E-state index contributed by atoms with van der Waals surface area (Å²) in [6.45, 7) is 0. The third-order valence-corrected chi connectivity index (χ3v) is 2.34. The summed E-state index contributed by atoms with van der Waals surface area (Å²) >= 11 is 0. The Bertz CT molecular complexity index is 167. The molecule has 0 aromatic carbocycles. The van der Waals surface area contributed by atoms with Gasteiger partial charge in [0, 0.05) is 12.5 Å². The molecular formula is C7H11NO2. The third-order valence-electron chi connectivity index (χ3n) is 2.34. The molecule has 2 fully saturated rings. The zero-order valence-corrected chi connectivity index (χ0v) is 5.75. The Morgan fingerprint density at radius 3 is 3.10 bits per heavy atom. The predicted octanol–water partition coefficient (Wildman–Crippen LogP) is -0.166. The van der Waals surface area contributed by atoms with Crippen molar-refractivity contribution in [3.05, 3.63) is 0 Å². The Morgan fingerprint density at radius 1 is 1.60 bits per heavy atom. The zero-order chi connectivity index (χ0) is 7.14. The lowest BCUT2D eigenvalue weighted by Crippen LogP contribution is -2.31. The lowest BCUT2D eigenvalue weighted by molar-refractivity contribution is -0.135. The summed E-state index contributed by atoms with van der Waals surface area (Å²) in [5.41, 5.74) is 5.70. The fraction of sp³-hybridized carbons (Fsp3) is 0.857. The minimum absolute atomic E-state index is 0.108. The molecule has 0 spiro atoms. The maximum absolute atomic E-state index is 11.0. The number of carbonyl (C=O) groups excluding carboxylic acids is 1. The van der Waals surface area contributed by atoms with Gasteiger partial charge in [-0.15, -0.1) is 0 Å². The Balaban J connectivity index is 2.15. The summed E-state index contributed by atoms with van der Waals surface area (Å²) < 4.78 is 5.35. The van der Waals surface area contributed by atoms with Crippen LogP contribution in [0.4, 0.5) is 0 Å². The zero-order valence-electron chi connectivity index (χ0n) is 5.75. The molecule has 0 amide bonds. The van der Waals surface area contributed by atoms with Crippen LogP contribution in [0, 0.1) is 0 Å². The maximum atomic E-state index is 11.0.